The van der Waals surface area contributed by atoms with Crippen LogP contribution in [0.3, 0.4) is 0 Å². The molecule has 2 heteroatoms. The van der Waals surface area contributed by atoms with E-state index in [1.54, 1.807) is 0 Å². The molecule has 1 aromatic heterocycles. The van der Waals surface area contributed by atoms with Crippen molar-refractivity contribution in [1.29, 1.82) is 0 Å². The van der Waals surface area contributed by atoms with Gasteiger partial charge in [0.15, 0.2) is 0 Å². The molecule has 0 fully saturated rings. The number of benzene rings is 4. The van der Waals surface area contributed by atoms with Gasteiger partial charge in [-0.3, -0.25) is 0 Å². The van der Waals surface area contributed by atoms with Crippen molar-refractivity contribution in [2.75, 3.05) is 0 Å². The molecule has 0 saturated heterocycles. The topological polar surface area (TPSA) is 13.1 Å². The maximum atomic E-state index is 6.23. The van der Waals surface area contributed by atoms with Crippen LogP contribution >= 0.6 is 11.6 Å². The highest BCUT2D eigenvalue weighted by atomic mass is 35.5. The summed E-state index contributed by atoms with van der Waals surface area (Å²) in [6.07, 6.45) is 0. The van der Waals surface area contributed by atoms with Crippen LogP contribution < -0.4 is 0 Å². The lowest BCUT2D eigenvalue weighted by atomic mass is 9.95. The first-order valence-electron chi connectivity index (χ1n) is 7.90. The van der Waals surface area contributed by atoms with E-state index >= 15 is 0 Å². The SMILES string of the molecule is Clc1ccc2oc3cccc(-c4cccc5ccccc45)c3c2c1. The van der Waals surface area contributed by atoms with Crippen molar-refractivity contribution in [1.82, 2.24) is 0 Å². The van der Waals surface area contributed by atoms with E-state index < -0.39 is 0 Å². The Labute approximate surface area is 144 Å². The van der Waals surface area contributed by atoms with E-state index in [0.29, 0.717) is 0 Å². The molecule has 0 N–H and O–H groups in total. The standard InChI is InChI=1S/C22H13ClO/c23-15-11-12-20-19(13-15)22-18(9-4-10-21(22)24-20)17-8-3-6-14-5-1-2-7-16(14)17/h1-13H. The molecule has 0 radical (unpaired) electrons. The van der Waals surface area contributed by atoms with Gasteiger partial charge in [-0.25, -0.2) is 0 Å². The molecule has 0 aliphatic heterocycles. The summed E-state index contributed by atoms with van der Waals surface area (Å²) in [6.45, 7) is 0. The Bertz CT molecular complexity index is 1210. The Balaban J connectivity index is 1.96. The number of rotatable bonds is 1. The zero-order valence-corrected chi connectivity index (χ0v) is 13.5. The van der Waals surface area contributed by atoms with Crippen LogP contribution in [-0.4, -0.2) is 0 Å². The van der Waals surface area contributed by atoms with Gasteiger partial charge in [-0.15, -0.1) is 0 Å². The molecule has 0 amide bonds. The molecule has 1 nitrogen and oxygen atoms in total. The van der Waals surface area contributed by atoms with Crippen molar-refractivity contribution >= 4 is 44.3 Å². The molecule has 5 rings (SSSR count). The quantitative estimate of drug-likeness (QED) is 0.321. The summed E-state index contributed by atoms with van der Waals surface area (Å²) in [5, 5.41) is 5.37. The summed E-state index contributed by atoms with van der Waals surface area (Å²) in [6, 6.07) is 26.9. The lowest BCUT2D eigenvalue weighted by Crippen LogP contribution is -1.82. The molecule has 0 atom stereocenters. The van der Waals surface area contributed by atoms with Crippen LogP contribution in [-0.2, 0) is 0 Å². The molecule has 1 heterocycles. The minimum atomic E-state index is 0.720. The second kappa shape index (κ2) is 5.12. The fraction of sp³-hybridized carbons (Fsp3) is 0. The molecule has 24 heavy (non-hydrogen) atoms. The van der Waals surface area contributed by atoms with Gasteiger partial charge in [0.25, 0.3) is 0 Å². The van der Waals surface area contributed by atoms with Gasteiger partial charge in [-0.1, -0.05) is 66.2 Å². The van der Waals surface area contributed by atoms with E-state index in [4.69, 9.17) is 16.0 Å². The van der Waals surface area contributed by atoms with Crippen LogP contribution in [0.15, 0.2) is 83.3 Å². The summed E-state index contributed by atoms with van der Waals surface area (Å²) < 4.78 is 6.02. The molecule has 0 unspecified atom stereocenters. The Hall–Kier alpha value is -2.77. The molecular formula is C22H13ClO. The van der Waals surface area contributed by atoms with E-state index in [-0.39, 0.29) is 0 Å². The summed E-state index contributed by atoms with van der Waals surface area (Å²) in [5.74, 6) is 0. The first-order valence-corrected chi connectivity index (χ1v) is 8.28. The normalized spacial score (nSPS) is 11.5. The lowest BCUT2D eigenvalue weighted by Gasteiger charge is -2.08. The highest BCUT2D eigenvalue weighted by Crippen LogP contribution is 2.39. The summed E-state index contributed by atoms with van der Waals surface area (Å²) in [4.78, 5) is 0. The van der Waals surface area contributed by atoms with Crippen LogP contribution in [0.5, 0.6) is 0 Å². The second-order valence-electron chi connectivity index (χ2n) is 5.95. The van der Waals surface area contributed by atoms with Gasteiger partial charge in [-0.05, 0) is 46.2 Å². The van der Waals surface area contributed by atoms with Crippen molar-refractivity contribution in [2.24, 2.45) is 0 Å². The molecule has 0 bridgehead atoms. The Morgan fingerprint density at radius 2 is 1.42 bits per heavy atom. The Kier molecular flexibility index (Phi) is 2.91. The molecule has 5 aromatic rings. The maximum absolute atomic E-state index is 6.23. The summed E-state index contributed by atoms with van der Waals surface area (Å²) in [5.41, 5.74) is 4.13. The zero-order chi connectivity index (χ0) is 16.1. The van der Waals surface area contributed by atoms with Gasteiger partial charge in [0.05, 0.1) is 0 Å². The predicted molar refractivity (Wildman–Crippen MR) is 102 cm³/mol. The summed E-state index contributed by atoms with van der Waals surface area (Å²) in [7, 11) is 0. The van der Waals surface area contributed by atoms with Gasteiger partial charge in [0.2, 0.25) is 0 Å². The van der Waals surface area contributed by atoms with E-state index in [0.717, 1.165) is 27.0 Å². The average molecular weight is 329 g/mol. The Morgan fingerprint density at radius 3 is 2.38 bits per heavy atom. The number of halogens is 1. The lowest BCUT2D eigenvalue weighted by molar-refractivity contribution is 0.669. The van der Waals surface area contributed by atoms with Crippen molar-refractivity contribution in [3.05, 3.63) is 83.9 Å². The van der Waals surface area contributed by atoms with Gasteiger partial charge >= 0.3 is 0 Å². The van der Waals surface area contributed by atoms with Crippen molar-refractivity contribution in [3.63, 3.8) is 0 Å². The van der Waals surface area contributed by atoms with E-state index in [1.165, 1.54) is 21.9 Å². The number of hydrogen-bond acceptors (Lipinski definition) is 1. The van der Waals surface area contributed by atoms with Crippen molar-refractivity contribution in [2.45, 2.75) is 0 Å². The average Bonchev–Trinajstić information content (AvgIpc) is 2.99. The fourth-order valence-corrected chi connectivity index (χ4v) is 3.66. The number of hydrogen-bond donors (Lipinski definition) is 0. The van der Waals surface area contributed by atoms with Crippen LogP contribution in [0.4, 0.5) is 0 Å². The smallest absolute Gasteiger partial charge is 0.136 e. The molecule has 0 aliphatic carbocycles. The van der Waals surface area contributed by atoms with Gasteiger partial charge in [0, 0.05) is 15.8 Å². The van der Waals surface area contributed by atoms with Crippen LogP contribution in [0, 0.1) is 0 Å². The monoisotopic (exact) mass is 328 g/mol. The number of fused-ring (bicyclic) bond motifs is 4. The zero-order valence-electron chi connectivity index (χ0n) is 12.8. The van der Waals surface area contributed by atoms with Crippen LogP contribution in [0.1, 0.15) is 0 Å². The molecule has 114 valence electrons. The first kappa shape index (κ1) is 13.6. The molecule has 0 saturated carbocycles. The maximum Gasteiger partial charge on any atom is 0.136 e. The van der Waals surface area contributed by atoms with Crippen molar-refractivity contribution < 1.29 is 4.42 Å². The highest BCUT2D eigenvalue weighted by molar-refractivity contribution is 6.32. The fourth-order valence-electron chi connectivity index (χ4n) is 3.48. The minimum Gasteiger partial charge on any atom is -0.456 e. The minimum absolute atomic E-state index is 0.720. The molecule has 0 aliphatic rings. The van der Waals surface area contributed by atoms with E-state index in [1.807, 2.05) is 30.3 Å². The van der Waals surface area contributed by atoms with E-state index in [2.05, 4.69) is 48.5 Å². The third kappa shape index (κ3) is 1.95. The largest absolute Gasteiger partial charge is 0.456 e. The molecule has 0 spiro atoms. The van der Waals surface area contributed by atoms with Gasteiger partial charge in [0.1, 0.15) is 11.2 Å². The predicted octanol–water partition coefficient (Wildman–Crippen LogP) is 7.06. The third-order valence-corrected chi connectivity index (χ3v) is 4.77. The molecule has 4 aromatic carbocycles. The van der Waals surface area contributed by atoms with Gasteiger partial charge in [-0.2, -0.15) is 0 Å². The third-order valence-electron chi connectivity index (χ3n) is 4.54. The van der Waals surface area contributed by atoms with E-state index in [9.17, 15) is 0 Å². The van der Waals surface area contributed by atoms with Crippen LogP contribution in [0.25, 0.3) is 43.8 Å². The summed E-state index contributed by atoms with van der Waals surface area (Å²) >= 11 is 6.23. The second-order valence-corrected chi connectivity index (χ2v) is 6.38. The molecular weight excluding hydrogens is 316 g/mol. The first-order chi connectivity index (χ1) is 11.8. The van der Waals surface area contributed by atoms with Gasteiger partial charge < -0.3 is 4.42 Å². The van der Waals surface area contributed by atoms with Crippen molar-refractivity contribution in [3.8, 4) is 11.1 Å². The highest BCUT2D eigenvalue weighted by Gasteiger charge is 2.14. The number of furan rings is 1. The Morgan fingerprint density at radius 1 is 0.625 bits per heavy atom. The van der Waals surface area contributed by atoms with Crippen LogP contribution in [0.2, 0.25) is 5.02 Å².